The molecule has 0 amide bonds. The lowest BCUT2D eigenvalue weighted by Gasteiger charge is -2.45. The highest BCUT2D eigenvalue weighted by Gasteiger charge is 2.51. The van der Waals surface area contributed by atoms with Crippen LogP contribution >= 0.6 is 0 Å². The Morgan fingerprint density at radius 2 is 0.770 bits per heavy atom. The predicted molar refractivity (Wildman–Crippen MR) is 255 cm³/mol. The third kappa shape index (κ3) is 5.50. The van der Waals surface area contributed by atoms with Gasteiger partial charge in [0.1, 0.15) is 0 Å². The van der Waals surface area contributed by atoms with Crippen LogP contribution < -0.4 is 9.80 Å². The fourth-order valence-electron chi connectivity index (χ4n) is 10.1. The molecule has 1 spiro atoms. The second kappa shape index (κ2) is 14.1. The maximum atomic E-state index is 2.48. The van der Waals surface area contributed by atoms with Crippen LogP contribution in [-0.2, 0) is 5.41 Å². The van der Waals surface area contributed by atoms with Gasteiger partial charge in [-0.15, -0.1) is 0 Å². The third-order valence-electron chi connectivity index (χ3n) is 12.8. The molecule has 286 valence electrons. The highest BCUT2D eigenvalue weighted by Crippen LogP contribution is 2.64. The minimum Gasteiger partial charge on any atom is -0.310 e. The average molecular weight is 777 g/mol. The van der Waals surface area contributed by atoms with Crippen LogP contribution in [-0.4, -0.2) is 0 Å². The van der Waals surface area contributed by atoms with Crippen molar-refractivity contribution in [1.82, 2.24) is 0 Å². The Bertz CT molecular complexity index is 3190. The van der Waals surface area contributed by atoms with E-state index in [0.29, 0.717) is 0 Å². The molecule has 0 unspecified atom stereocenters. The smallest absolute Gasteiger partial charge is 0.0755 e. The largest absolute Gasteiger partial charge is 0.310 e. The van der Waals surface area contributed by atoms with Crippen LogP contribution in [0, 0.1) is 0 Å². The molecule has 0 fully saturated rings. The van der Waals surface area contributed by atoms with Crippen LogP contribution in [0.5, 0.6) is 0 Å². The number of rotatable bonds is 6. The van der Waals surface area contributed by atoms with E-state index in [-0.39, 0.29) is 0 Å². The fraction of sp³-hybridized carbons (Fsp3) is 0.0169. The van der Waals surface area contributed by atoms with Crippen molar-refractivity contribution < 1.29 is 0 Å². The summed E-state index contributed by atoms with van der Waals surface area (Å²) in [6.45, 7) is 0. The Labute approximate surface area is 356 Å². The molecule has 2 heteroatoms. The van der Waals surface area contributed by atoms with Gasteiger partial charge >= 0.3 is 0 Å². The summed E-state index contributed by atoms with van der Waals surface area (Å²) >= 11 is 0. The van der Waals surface area contributed by atoms with Crippen molar-refractivity contribution in [3.05, 3.63) is 265 Å². The van der Waals surface area contributed by atoms with Crippen molar-refractivity contribution in [1.29, 1.82) is 0 Å². The maximum absolute atomic E-state index is 2.48. The van der Waals surface area contributed by atoms with E-state index in [1.54, 1.807) is 0 Å². The van der Waals surface area contributed by atoms with Gasteiger partial charge in [-0.25, -0.2) is 0 Å². The summed E-state index contributed by atoms with van der Waals surface area (Å²) < 4.78 is 0. The van der Waals surface area contributed by atoms with Crippen molar-refractivity contribution >= 4 is 44.9 Å². The number of hydrogen-bond donors (Lipinski definition) is 0. The number of nitrogens with zero attached hydrogens (tertiary/aromatic N) is 2. The van der Waals surface area contributed by atoms with Crippen molar-refractivity contribution in [2.75, 3.05) is 9.80 Å². The first kappa shape index (κ1) is 35.0. The fourth-order valence-corrected chi connectivity index (χ4v) is 10.1. The van der Waals surface area contributed by atoms with Gasteiger partial charge in [0.25, 0.3) is 0 Å². The molecule has 0 aromatic heterocycles. The molecule has 10 aromatic rings. The molecular formula is C59H40N2. The van der Waals surface area contributed by atoms with Crippen LogP contribution in [0.1, 0.15) is 22.3 Å². The molecule has 2 nitrogen and oxygen atoms in total. The topological polar surface area (TPSA) is 6.48 Å². The average Bonchev–Trinajstić information content (AvgIpc) is 3.62. The molecule has 61 heavy (non-hydrogen) atoms. The summed E-state index contributed by atoms with van der Waals surface area (Å²) in [5.41, 5.74) is 18.8. The highest BCUT2D eigenvalue weighted by molar-refractivity contribution is 5.97. The third-order valence-corrected chi connectivity index (χ3v) is 12.8. The normalized spacial score (nSPS) is 13.0. The molecule has 1 aliphatic heterocycles. The molecule has 0 radical (unpaired) electrons. The second-order valence-corrected chi connectivity index (χ2v) is 16.1. The van der Waals surface area contributed by atoms with Gasteiger partial charge in [0.05, 0.1) is 16.8 Å². The first-order chi connectivity index (χ1) is 30.3. The number of benzene rings is 10. The summed E-state index contributed by atoms with van der Waals surface area (Å²) in [5, 5.41) is 2.50. The molecule has 0 N–H and O–H groups in total. The van der Waals surface area contributed by atoms with Gasteiger partial charge in [-0.2, -0.15) is 0 Å². The van der Waals surface area contributed by atoms with Gasteiger partial charge in [-0.3, -0.25) is 0 Å². The summed E-state index contributed by atoms with van der Waals surface area (Å²) in [7, 11) is 0. The van der Waals surface area contributed by atoms with Crippen molar-refractivity contribution in [3.63, 3.8) is 0 Å². The predicted octanol–water partition coefficient (Wildman–Crippen LogP) is 15.8. The van der Waals surface area contributed by atoms with Crippen LogP contribution in [0.25, 0.3) is 44.2 Å². The zero-order chi connectivity index (χ0) is 40.3. The lowest BCUT2D eigenvalue weighted by Crippen LogP contribution is -2.36. The van der Waals surface area contributed by atoms with Gasteiger partial charge in [0, 0.05) is 22.7 Å². The van der Waals surface area contributed by atoms with Gasteiger partial charge in [-0.1, -0.05) is 176 Å². The molecule has 10 aromatic carbocycles. The molecular weight excluding hydrogens is 737 g/mol. The maximum Gasteiger partial charge on any atom is 0.0755 e. The van der Waals surface area contributed by atoms with E-state index in [1.165, 1.54) is 77.8 Å². The lowest BCUT2D eigenvalue weighted by molar-refractivity contribution is 0.752. The minimum atomic E-state index is -0.552. The Balaban J connectivity index is 1.06. The Morgan fingerprint density at radius 1 is 0.295 bits per heavy atom. The summed E-state index contributed by atoms with van der Waals surface area (Å²) in [6.07, 6.45) is 0. The van der Waals surface area contributed by atoms with E-state index in [0.717, 1.165) is 22.7 Å². The summed E-state index contributed by atoms with van der Waals surface area (Å²) in [5.74, 6) is 0. The molecule has 0 saturated heterocycles. The molecule has 2 aliphatic rings. The van der Waals surface area contributed by atoms with E-state index in [9.17, 15) is 0 Å². The molecule has 0 atom stereocenters. The van der Waals surface area contributed by atoms with Crippen LogP contribution in [0.3, 0.4) is 0 Å². The van der Waals surface area contributed by atoms with E-state index < -0.39 is 5.41 Å². The molecule has 0 bridgehead atoms. The molecule has 12 rings (SSSR count). The first-order valence-corrected chi connectivity index (χ1v) is 21.1. The lowest BCUT2D eigenvalue weighted by atomic mass is 9.64. The molecule has 1 heterocycles. The monoisotopic (exact) mass is 776 g/mol. The van der Waals surface area contributed by atoms with Crippen LogP contribution in [0.4, 0.5) is 34.1 Å². The van der Waals surface area contributed by atoms with Crippen molar-refractivity contribution in [3.8, 4) is 33.4 Å². The van der Waals surface area contributed by atoms with Crippen LogP contribution in [0.2, 0.25) is 0 Å². The van der Waals surface area contributed by atoms with E-state index in [2.05, 4.69) is 252 Å². The van der Waals surface area contributed by atoms with Gasteiger partial charge < -0.3 is 9.80 Å². The zero-order valence-electron chi connectivity index (χ0n) is 33.5. The van der Waals surface area contributed by atoms with Gasteiger partial charge in [0.15, 0.2) is 0 Å². The van der Waals surface area contributed by atoms with E-state index >= 15 is 0 Å². The van der Waals surface area contributed by atoms with Gasteiger partial charge in [-0.05, 0) is 133 Å². The zero-order valence-corrected chi connectivity index (χ0v) is 33.5. The number of fused-ring (bicyclic) bond motifs is 10. The molecule has 1 aliphatic carbocycles. The Kier molecular flexibility index (Phi) is 8.11. The highest BCUT2D eigenvalue weighted by atomic mass is 15.2. The minimum absolute atomic E-state index is 0.552. The number of anilines is 6. The van der Waals surface area contributed by atoms with Crippen molar-refractivity contribution in [2.45, 2.75) is 5.41 Å². The van der Waals surface area contributed by atoms with Gasteiger partial charge in [0.2, 0.25) is 0 Å². The molecule has 0 saturated carbocycles. The standard InChI is InChI=1S/C59H40N2/c1-3-15-41(16-4-1)43-29-33-48(34-30-43)60(49-35-31-44(32-36-49)46-28-27-42-17-7-8-18-45(42)39-46)50-37-38-52-51-21-9-10-22-53(51)59(56(52)40-50)54-23-11-13-25-57(54)61(47-19-5-2-6-20-47)58-26-14-12-24-55(58)59/h1-40H. The van der Waals surface area contributed by atoms with Crippen molar-refractivity contribution in [2.24, 2.45) is 0 Å². The Morgan fingerprint density at radius 3 is 1.44 bits per heavy atom. The Hall–Kier alpha value is -7.94. The number of hydrogen-bond acceptors (Lipinski definition) is 2. The number of para-hydroxylation sites is 3. The van der Waals surface area contributed by atoms with Crippen LogP contribution in [0.15, 0.2) is 243 Å². The first-order valence-electron chi connectivity index (χ1n) is 21.1. The summed E-state index contributed by atoms with van der Waals surface area (Å²) in [6, 6.07) is 89.1. The summed E-state index contributed by atoms with van der Waals surface area (Å²) in [4.78, 5) is 4.87. The second-order valence-electron chi connectivity index (χ2n) is 16.1. The quantitative estimate of drug-likeness (QED) is 0.166. The van der Waals surface area contributed by atoms with E-state index in [4.69, 9.17) is 0 Å². The SMILES string of the molecule is c1ccc(-c2ccc(N(c3ccc(-c4ccc5ccccc5c4)cc3)c3ccc4c(c3)C3(c5ccccc5-4)c4ccccc4N(c4ccccc4)c4ccccc43)cc2)cc1. The van der Waals surface area contributed by atoms with E-state index in [1.807, 2.05) is 0 Å².